The van der Waals surface area contributed by atoms with E-state index in [0.717, 1.165) is 0 Å². The van der Waals surface area contributed by atoms with Gasteiger partial charge in [0.2, 0.25) is 0 Å². The first-order valence-electron chi connectivity index (χ1n) is 6.47. The number of aliphatic hydroxyl groups is 1. The average Bonchev–Trinajstić information content (AvgIpc) is 2.72. The molecule has 1 N–H and O–H groups in total. The van der Waals surface area contributed by atoms with Gasteiger partial charge < -0.3 is 14.6 Å². The summed E-state index contributed by atoms with van der Waals surface area (Å²) in [5.74, 6) is 0. The summed E-state index contributed by atoms with van der Waals surface area (Å²) in [5.41, 5.74) is 1.04. The number of aromatic nitrogens is 4. The monoisotopic (exact) mass is 310 g/mol. The van der Waals surface area contributed by atoms with Crippen LogP contribution in [0.15, 0.2) is 16.9 Å². The minimum absolute atomic E-state index is 0.189. The number of hydrogen-bond acceptors (Lipinski definition) is 6. The van der Waals surface area contributed by atoms with Gasteiger partial charge in [-0.15, -0.1) is 5.10 Å². The van der Waals surface area contributed by atoms with Crippen molar-refractivity contribution < 1.29 is 14.6 Å². The van der Waals surface area contributed by atoms with Gasteiger partial charge in [-0.1, -0.05) is 5.21 Å². The Morgan fingerprint density at radius 2 is 2.38 bits per heavy atom. The van der Waals surface area contributed by atoms with Gasteiger partial charge >= 0.3 is 5.24 Å². The lowest BCUT2D eigenvalue weighted by Gasteiger charge is -2.25. The van der Waals surface area contributed by atoms with E-state index in [9.17, 15) is 4.79 Å². The molecule has 0 spiro atoms. The highest BCUT2D eigenvalue weighted by Crippen LogP contribution is 2.23. The Morgan fingerprint density at radius 1 is 1.62 bits per heavy atom. The zero-order valence-corrected chi connectivity index (χ0v) is 12.3. The summed E-state index contributed by atoms with van der Waals surface area (Å²) < 4.78 is 14.1. The fourth-order valence-corrected chi connectivity index (χ4v) is 2.66. The molecule has 112 valence electrons. The van der Waals surface area contributed by atoms with E-state index < -0.39 is 23.7 Å². The van der Waals surface area contributed by atoms with Gasteiger partial charge in [-0.25, -0.2) is 4.68 Å². The molecular formula is C12H14N4O4S. The summed E-state index contributed by atoms with van der Waals surface area (Å²) in [7, 11) is 0. The Hall–Kier alpha value is -2.00. The van der Waals surface area contributed by atoms with Crippen LogP contribution in [0.3, 0.4) is 0 Å². The van der Waals surface area contributed by atoms with E-state index >= 15 is 0 Å². The maximum absolute atomic E-state index is 12.1. The first-order chi connectivity index (χ1) is 9.97. The molecule has 1 aliphatic heterocycles. The number of rotatable bonds is 2. The third-order valence-electron chi connectivity index (χ3n) is 3.48. The van der Waals surface area contributed by atoms with Gasteiger partial charge in [0.25, 0.3) is 5.56 Å². The second-order valence-electron chi connectivity index (χ2n) is 4.88. The molecule has 3 rings (SSSR count). The van der Waals surface area contributed by atoms with Crippen LogP contribution < -0.4 is 5.56 Å². The van der Waals surface area contributed by atoms with E-state index in [2.05, 4.69) is 22.5 Å². The van der Waals surface area contributed by atoms with Crippen molar-refractivity contribution in [3.05, 3.63) is 22.5 Å². The molecule has 0 fully saturated rings. The molecule has 1 unspecified atom stereocenters. The Kier molecular flexibility index (Phi) is 3.38. The van der Waals surface area contributed by atoms with Crippen LogP contribution in [0.2, 0.25) is 0 Å². The first-order valence-corrected chi connectivity index (χ1v) is 6.88. The smallest absolute Gasteiger partial charge is 0.350 e. The van der Waals surface area contributed by atoms with Crippen molar-refractivity contribution in [1.29, 1.82) is 0 Å². The van der Waals surface area contributed by atoms with E-state index in [1.807, 2.05) is 0 Å². The Bertz CT molecular complexity index is 755. The van der Waals surface area contributed by atoms with Crippen LogP contribution in [0.25, 0.3) is 11.2 Å². The fraction of sp³-hybridized carbons (Fsp3) is 0.500. The van der Waals surface area contributed by atoms with Gasteiger partial charge in [0, 0.05) is 18.3 Å². The van der Waals surface area contributed by atoms with Crippen molar-refractivity contribution in [2.45, 2.75) is 38.8 Å². The van der Waals surface area contributed by atoms with Crippen molar-refractivity contribution in [1.82, 2.24) is 19.6 Å². The third kappa shape index (κ3) is 2.38. The number of nitrogens with zero attached hydrogens (tertiary/aromatic N) is 4. The van der Waals surface area contributed by atoms with Crippen LogP contribution in [-0.4, -0.2) is 42.1 Å². The van der Waals surface area contributed by atoms with E-state index in [4.69, 9.17) is 14.6 Å². The molecule has 3 atom stereocenters. The highest BCUT2D eigenvalue weighted by atomic mass is 32.1. The lowest BCUT2D eigenvalue weighted by atomic mass is 10.2. The predicted octanol–water partition coefficient (Wildman–Crippen LogP) is 0.758. The minimum atomic E-state index is -0.540. The van der Waals surface area contributed by atoms with Gasteiger partial charge in [-0.3, -0.25) is 9.36 Å². The van der Waals surface area contributed by atoms with Crippen LogP contribution in [0, 0.1) is 0 Å². The third-order valence-corrected chi connectivity index (χ3v) is 3.58. The Labute approximate surface area is 124 Å². The quantitative estimate of drug-likeness (QED) is 0.819. The molecule has 0 saturated heterocycles. The highest BCUT2D eigenvalue weighted by Gasteiger charge is 2.30. The van der Waals surface area contributed by atoms with E-state index in [1.165, 1.54) is 10.6 Å². The molecule has 2 aromatic rings. The largest absolute Gasteiger partial charge is 0.472 e. The summed E-state index contributed by atoms with van der Waals surface area (Å²) in [6.45, 7) is 3.83. The fourth-order valence-electron chi connectivity index (χ4n) is 2.51. The van der Waals surface area contributed by atoms with Crippen LogP contribution in [0.4, 0.5) is 0 Å². The number of ether oxygens (including phenoxy) is 2. The van der Waals surface area contributed by atoms with E-state index in [-0.39, 0.29) is 5.56 Å². The maximum atomic E-state index is 12.1. The molecule has 9 heteroatoms. The summed E-state index contributed by atoms with van der Waals surface area (Å²) in [4.78, 5) is 12.1. The standard InChI is InChI=1S/C12H14N4O4S/c1-6(19-12(18)21)9-5-15-11-8(13-14-15)3-4-10(17)16(11)7(2)20-9/h3-4,6-7,9H,5H2,1-2H3,(H,18,21)/t6?,7-,9-/m1/s1. The summed E-state index contributed by atoms with van der Waals surface area (Å²) >= 11 is 4.53. The zero-order chi connectivity index (χ0) is 15.1. The number of aliphatic hydroxyl groups excluding tert-OH is 1. The molecule has 21 heavy (non-hydrogen) atoms. The number of hydrogen-bond donors (Lipinski definition) is 1. The van der Waals surface area contributed by atoms with Crippen LogP contribution >= 0.6 is 12.2 Å². The average molecular weight is 310 g/mol. The molecule has 1 aliphatic rings. The van der Waals surface area contributed by atoms with Crippen molar-refractivity contribution in [3.8, 4) is 0 Å². The van der Waals surface area contributed by atoms with E-state index in [1.54, 1.807) is 24.6 Å². The van der Waals surface area contributed by atoms with E-state index in [0.29, 0.717) is 17.7 Å². The van der Waals surface area contributed by atoms with Gasteiger partial charge in [-0.05, 0) is 19.9 Å². The van der Waals surface area contributed by atoms with Crippen LogP contribution in [0.1, 0.15) is 20.1 Å². The lowest BCUT2D eigenvalue weighted by molar-refractivity contribution is -0.0930. The maximum Gasteiger partial charge on any atom is 0.350 e. The minimum Gasteiger partial charge on any atom is -0.472 e. The molecule has 0 amide bonds. The normalized spacial score (nSPS) is 22.8. The molecule has 0 aromatic carbocycles. The van der Waals surface area contributed by atoms with Crippen molar-refractivity contribution in [3.63, 3.8) is 0 Å². The van der Waals surface area contributed by atoms with Gasteiger partial charge in [0.05, 0.1) is 6.54 Å². The summed E-state index contributed by atoms with van der Waals surface area (Å²) in [5, 5.41) is 16.6. The molecule has 0 bridgehead atoms. The Balaban J connectivity index is 2.05. The SMILES string of the molecule is CC(OC(O)=S)[C@H]1Cn2nnc3ccc(=O)n(c32)[C@@H](C)O1. The number of pyridine rings is 1. The molecule has 0 aliphatic carbocycles. The second-order valence-corrected chi connectivity index (χ2v) is 5.23. The predicted molar refractivity (Wildman–Crippen MR) is 77.1 cm³/mol. The topological polar surface area (TPSA) is 91.4 Å². The number of thiocarbonyl (C=S) groups is 1. The van der Waals surface area contributed by atoms with Crippen molar-refractivity contribution in [2.75, 3.05) is 0 Å². The highest BCUT2D eigenvalue weighted by molar-refractivity contribution is 7.79. The van der Waals surface area contributed by atoms with Crippen molar-refractivity contribution >= 4 is 28.6 Å². The molecule has 0 saturated carbocycles. The van der Waals surface area contributed by atoms with Crippen molar-refractivity contribution in [2.24, 2.45) is 0 Å². The zero-order valence-electron chi connectivity index (χ0n) is 11.5. The van der Waals surface area contributed by atoms with Gasteiger partial charge in [0.1, 0.15) is 24.0 Å². The molecule has 3 heterocycles. The lowest BCUT2D eigenvalue weighted by Crippen LogP contribution is -2.35. The molecule has 8 nitrogen and oxygen atoms in total. The molecule has 0 radical (unpaired) electrons. The summed E-state index contributed by atoms with van der Waals surface area (Å²) in [6.07, 6.45) is -1.44. The van der Waals surface area contributed by atoms with Crippen LogP contribution in [-0.2, 0) is 16.0 Å². The Morgan fingerprint density at radius 3 is 3.10 bits per heavy atom. The molecule has 2 aromatic heterocycles. The van der Waals surface area contributed by atoms with Gasteiger partial charge in [-0.2, -0.15) is 0 Å². The second kappa shape index (κ2) is 5.08. The molecular weight excluding hydrogens is 296 g/mol. The first kappa shape index (κ1) is 14.0. The summed E-state index contributed by atoms with van der Waals surface area (Å²) in [6, 6.07) is 3.07. The van der Waals surface area contributed by atoms with Crippen LogP contribution in [0.5, 0.6) is 0 Å². The van der Waals surface area contributed by atoms with Gasteiger partial charge in [0.15, 0.2) is 5.65 Å².